The van der Waals surface area contributed by atoms with Gasteiger partial charge in [0.15, 0.2) is 0 Å². The van der Waals surface area contributed by atoms with Gasteiger partial charge in [0.05, 0.1) is 29.4 Å². The minimum absolute atomic E-state index is 0.0656. The van der Waals surface area contributed by atoms with E-state index in [9.17, 15) is 9.90 Å². The van der Waals surface area contributed by atoms with Crippen LogP contribution >= 0.6 is 11.6 Å². The minimum atomic E-state index is -0.685. The number of carbonyl (C=O) groups is 1. The molecule has 2 aromatic rings. The van der Waals surface area contributed by atoms with Crippen molar-refractivity contribution in [2.24, 2.45) is 0 Å². The third-order valence-electron chi connectivity index (χ3n) is 3.76. The lowest BCUT2D eigenvalue weighted by molar-refractivity contribution is -0.115. The number of nitrogens with one attached hydrogen (secondary N) is 2. The third kappa shape index (κ3) is 4.55. The molecule has 0 aliphatic carbocycles. The molecule has 1 amide bonds. The van der Waals surface area contributed by atoms with Crippen LogP contribution in [0.3, 0.4) is 0 Å². The van der Waals surface area contributed by atoms with Crippen LogP contribution in [0.5, 0.6) is 0 Å². The average molecular weight is 333 g/mol. The van der Waals surface area contributed by atoms with Crippen LogP contribution in [-0.4, -0.2) is 24.2 Å². The Bertz CT molecular complexity index is 676. The molecule has 0 aliphatic rings. The number of benzene rings is 2. The van der Waals surface area contributed by atoms with E-state index >= 15 is 0 Å². The molecule has 2 aromatic carbocycles. The van der Waals surface area contributed by atoms with Crippen molar-refractivity contribution in [1.82, 2.24) is 5.32 Å². The monoisotopic (exact) mass is 332 g/mol. The number of carbonyl (C=O) groups excluding carboxylic acids is 1. The molecule has 0 radical (unpaired) electrons. The van der Waals surface area contributed by atoms with Crippen molar-refractivity contribution in [2.45, 2.75) is 19.4 Å². The fourth-order valence-corrected chi connectivity index (χ4v) is 2.53. The molecule has 4 nitrogen and oxygen atoms in total. The predicted molar refractivity (Wildman–Crippen MR) is 93.7 cm³/mol. The average Bonchev–Trinajstić information content (AvgIpc) is 2.56. The fourth-order valence-electron chi connectivity index (χ4n) is 2.25. The maximum Gasteiger partial charge on any atom is 0.238 e. The standard InChI is InChI=1S/C18H21ClN2O2/c1-13-8-9-16(15(19)10-13)21-17(23)11-20-18(2,12-22)14-6-4-3-5-7-14/h3-10,20,22H,11-12H2,1-2H3,(H,21,23)/t18-/m0/s1. The van der Waals surface area contributed by atoms with E-state index in [0.717, 1.165) is 11.1 Å². The first-order chi connectivity index (χ1) is 10.9. The lowest BCUT2D eigenvalue weighted by Gasteiger charge is -2.29. The van der Waals surface area contributed by atoms with Crippen LogP contribution in [0.4, 0.5) is 5.69 Å². The van der Waals surface area contributed by atoms with Gasteiger partial charge in [-0.1, -0.05) is 48.0 Å². The maximum absolute atomic E-state index is 12.1. The molecule has 0 aromatic heterocycles. The van der Waals surface area contributed by atoms with Gasteiger partial charge in [-0.15, -0.1) is 0 Å². The number of hydrogen-bond acceptors (Lipinski definition) is 3. The molecule has 0 aliphatic heterocycles. The van der Waals surface area contributed by atoms with E-state index < -0.39 is 5.54 Å². The normalized spacial score (nSPS) is 13.4. The summed E-state index contributed by atoms with van der Waals surface area (Å²) in [4.78, 5) is 12.1. The lowest BCUT2D eigenvalue weighted by Crippen LogP contribution is -2.46. The Morgan fingerprint density at radius 1 is 1.22 bits per heavy atom. The van der Waals surface area contributed by atoms with Crippen LogP contribution in [0.2, 0.25) is 5.02 Å². The quantitative estimate of drug-likeness (QED) is 0.761. The Labute approximate surface area is 141 Å². The van der Waals surface area contributed by atoms with Gasteiger partial charge in [0, 0.05) is 0 Å². The summed E-state index contributed by atoms with van der Waals surface area (Å²) < 4.78 is 0. The largest absolute Gasteiger partial charge is 0.394 e. The maximum atomic E-state index is 12.1. The molecule has 2 rings (SSSR count). The molecule has 0 heterocycles. The molecular weight excluding hydrogens is 312 g/mol. The molecule has 5 heteroatoms. The van der Waals surface area contributed by atoms with E-state index in [-0.39, 0.29) is 19.1 Å². The third-order valence-corrected chi connectivity index (χ3v) is 4.08. The first kappa shape index (κ1) is 17.5. The second-order valence-corrected chi connectivity index (χ2v) is 6.15. The van der Waals surface area contributed by atoms with Gasteiger partial charge in [-0.25, -0.2) is 0 Å². The van der Waals surface area contributed by atoms with Crippen molar-refractivity contribution >= 4 is 23.2 Å². The Morgan fingerprint density at radius 2 is 1.91 bits per heavy atom. The van der Waals surface area contributed by atoms with E-state index in [2.05, 4.69) is 10.6 Å². The summed E-state index contributed by atoms with van der Waals surface area (Å²) in [5, 5.41) is 16.1. The van der Waals surface area contributed by atoms with Crippen molar-refractivity contribution in [3.05, 3.63) is 64.7 Å². The molecule has 23 heavy (non-hydrogen) atoms. The van der Waals surface area contributed by atoms with Crippen molar-refractivity contribution in [2.75, 3.05) is 18.5 Å². The van der Waals surface area contributed by atoms with Crippen molar-refractivity contribution in [1.29, 1.82) is 0 Å². The van der Waals surface area contributed by atoms with Gasteiger partial charge in [-0.2, -0.15) is 0 Å². The van der Waals surface area contributed by atoms with Crippen LogP contribution in [0.15, 0.2) is 48.5 Å². The van der Waals surface area contributed by atoms with E-state index in [1.165, 1.54) is 0 Å². The molecule has 3 N–H and O–H groups in total. The Morgan fingerprint density at radius 3 is 2.52 bits per heavy atom. The molecule has 0 saturated carbocycles. The summed E-state index contributed by atoms with van der Waals surface area (Å²) >= 11 is 6.11. The summed E-state index contributed by atoms with van der Waals surface area (Å²) in [6, 6.07) is 15.0. The van der Waals surface area contributed by atoms with Gasteiger partial charge in [0.1, 0.15) is 0 Å². The summed E-state index contributed by atoms with van der Waals surface area (Å²) in [6.07, 6.45) is 0. The van der Waals surface area contributed by atoms with Crippen molar-refractivity contribution in [3.8, 4) is 0 Å². The first-order valence-corrected chi connectivity index (χ1v) is 7.80. The summed E-state index contributed by atoms with van der Waals surface area (Å²) in [5.41, 5.74) is 1.84. The van der Waals surface area contributed by atoms with Crippen LogP contribution in [0.25, 0.3) is 0 Å². The van der Waals surface area contributed by atoms with E-state index in [4.69, 9.17) is 11.6 Å². The second-order valence-electron chi connectivity index (χ2n) is 5.74. The molecule has 1 atom stereocenters. The molecule has 0 bridgehead atoms. The SMILES string of the molecule is Cc1ccc(NC(=O)CN[C@@](C)(CO)c2ccccc2)c(Cl)c1. The number of aliphatic hydroxyl groups is 1. The molecular formula is C18H21ClN2O2. The molecule has 0 fully saturated rings. The highest BCUT2D eigenvalue weighted by atomic mass is 35.5. The minimum Gasteiger partial charge on any atom is -0.394 e. The highest BCUT2D eigenvalue weighted by molar-refractivity contribution is 6.33. The van der Waals surface area contributed by atoms with Gasteiger partial charge in [0.25, 0.3) is 0 Å². The zero-order chi connectivity index (χ0) is 16.9. The summed E-state index contributed by atoms with van der Waals surface area (Å²) in [6.45, 7) is 3.74. The zero-order valence-corrected chi connectivity index (χ0v) is 14.0. The van der Waals surface area contributed by atoms with Crippen LogP contribution < -0.4 is 10.6 Å². The van der Waals surface area contributed by atoms with Gasteiger partial charge in [0.2, 0.25) is 5.91 Å². The second kappa shape index (κ2) is 7.59. The van der Waals surface area contributed by atoms with Gasteiger partial charge in [-0.3, -0.25) is 10.1 Å². The van der Waals surface area contributed by atoms with E-state index in [1.807, 2.05) is 50.2 Å². The molecule has 0 unspecified atom stereocenters. The van der Waals surface area contributed by atoms with Crippen molar-refractivity contribution < 1.29 is 9.90 Å². The van der Waals surface area contributed by atoms with Crippen LogP contribution in [-0.2, 0) is 10.3 Å². The fraction of sp³-hybridized carbons (Fsp3) is 0.278. The lowest BCUT2D eigenvalue weighted by atomic mass is 9.93. The number of amides is 1. The van der Waals surface area contributed by atoms with Gasteiger partial charge < -0.3 is 10.4 Å². The number of aryl methyl sites for hydroxylation is 1. The summed E-state index contributed by atoms with van der Waals surface area (Å²) in [5.74, 6) is -0.216. The van der Waals surface area contributed by atoms with Crippen molar-refractivity contribution in [3.63, 3.8) is 0 Å². The number of anilines is 1. The number of aliphatic hydroxyl groups excluding tert-OH is 1. The summed E-state index contributed by atoms with van der Waals surface area (Å²) in [7, 11) is 0. The van der Waals surface area contributed by atoms with E-state index in [0.29, 0.717) is 10.7 Å². The van der Waals surface area contributed by atoms with Gasteiger partial charge >= 0.3 is 0 Å². The zero-order valence-electron chi connectivity index (χ0n) is 13.3. The number of rotatable bonds is 6. The van der Waals surface area contributed by atoms with Gasteiger partial charge in [-0.05, 0) is 37.1 Å². The first-order valence-electron chi connectivity index (χ1n) is 7.42. The highest BCUT2D eigenvalue weighted by Gasteiger charge is 2.25. The molecule has 122 valence electrons. The Hall–Kier alpha value is -1.88. The topological polar surface area (TPSA) is 61.4 Å². The number of hydrogen-bond donors (Lipinski definition) is 3. The number of halogens is 1. The van der Waals surface area contributed by atoms with Crippen LogP contribution in [0, 0.1) is 6.92 Å². The predicted octanol–water partition coefficient (Wildman–Crippen LogP) is 3.08. The Balaban J connectivity index is 2.00. The van der Waals surface area contributed by atoms with E-state index in [1.54, 1.807) is 12.1 Å². The smallest absolute Gasteiger partial charge is 0.238 e. The molecule has 0 spiro atoms. The molecule has 0 saturated heterocycles. The highest BCUT2D eigenvalue weighted by Crippen LogP contribution is 2.23. The Kier molecular flexibility index (Phi) is 5.77. The van der Waals surface area contributed by atoms with Crippen LogP contribution in [0.1, 0.15) is 18.1 Å².